The van der Waals surface area contributed by atoms with E-state index in [4.69, 9.17) is 5.11 Å². The Morgan fingerprint density at radius 2 is 2.00 bits per heavy atom. The zero-order valence-corrected chi connectivity index (χ0v) is 10.9. The quantitative estimate of drug-likeness (QED) is 0.908. The molecule has 5 heteroatoms. The maximum absolute atomic E-state index is 12.9. The highest BCUT2D eigenvalue weighted by atomic mass is 19.4. The summed E-state index contributed by atoms with van der Waals surface area (Å²) >= 11 is 0. The minimum absolute atomic E-state index is 0.0757. The smallest absolute Gasteiger partial charge is 0.392 e. The first-order valence-corrected chi connectivity index (χ1v) is 6.44. The van der Waals surface area contributed by atoms with Crippen molar-refractivity contribution < 1.29 is 18.3 Å². The largest absolute Gasteiger partial charge is 0.416 e. The Hall–Kier alpha value is -1.23. The molecule has 1 saturated carbocycles. The van der Waals surface area contributed by atoms with E-state index >= 15 is 0 Å². The van der Waals surface area contributed by atoms with Gasteiger partial charge in [-0.15, -0.1) is 0 Å². The van der Waals surface area contributed by atoms with Gasteiger partial charge in [0.15, 0.2) is 0 Å². The van der Waals surface area contributed by atoms with Crippen LogP contribution < -0.4 is 4.90 Å². The average Bonchev–Trinajstić information content (AvgIpc) is 2.31. The molecule has 0 unspecified atom stereocenters. The molecule has 1 aliphatic rings. The van der Waals surface area contributed by atoms with Gasteiger partial charge in [-0.1, -0.05) is 12.5 Å². The lowest BCUT2D eigenvalue weighted by atomic mass is 9.85. The van der Waals surface area contributed by atoms with Gasteiger partial charge in [-0.3, -0.25) is 0 Å². The molecule has 0 aliphatic heterocycles. The second kappa shape index (κ2) is 5.41. The molecule has 0 atom stereocenters. The first-order chi connectivity index (χ1) is 8.91. The Morgan fingerprint density at radius 1 is 1.32 bits per heavy atom. The van der Waals surface area contributed by atoms with Crippen LogP contribution in [0.3, 0.4) is 0 Å². The lowest BCUT2D eigenvalue weighted by Gasteiger charge is -2.31. The number of anilines is 1. The molecule has 0 amide bonds. The molecular formula is C14H18F3NO. The van der Waals surface area contributed by atoms with Crippen LogP contribution in [0, 0.1) is 5.92 Å². The van der Waals surface area contributed by atoms with Crippen LogP contribution in [0.15, 0.2) is 18.2 Å². The summed E-state index contributed by atoms with van der Waals surface area (Å²) in [6, 6.07) is 4.12. The monoisotopic (exact) mass is 273 g/mol. The molecular weight excluding hydrogens is 255 g/mol. The number of hydrogen-bond acceptors (Lipinski definition) is 2. The summed E-state index contributed by atoms with van der Waals surface area (Å²) in [5, 5.41) is 8.99. The van der Waals surface area contributed by atoms with E-state index in [0.29, 0.717) is 11.6 Å². The summed E-state index contributed by atoms with van der Waals surface area (Å²) in [7, 11) is 1.81. The number of nitrogens with zero attached hydrogens (tertiary/aromatic N) is 1. The Bertz CT molecular complexity index is 441. The number of alkyl halides is 3. The Morgan fingerprint density at radius 3 is 2.47 bits per heavy atom. The normalized spacial score (nSPS) is 16.3. The molecule has 106 valence electrons. The lowest BCUT2D eigenvalue weighted by molar-refractivity contribution is -0.138. The maximum atomic E-state index is 12.9. The van der Waals surface area contributed by atoms with E-state index in [2.05, 4.69) is 0 Å². The number of hydrogen-bond donors (Lipinski definition) is 1. The standard InChI is InChI=1S/C14H18F3NO/c1-18(8-10-3-2-4-10)12-6-5-11(9-19)13(7-12)14(15,16)17/h5-7,10,19H,2-4,8-9H2,1H3. The van der Waals surface area contributed by atoms with Gasteiger partial charge in [-0.25, -0.2) is 0 Å². The molecule has 0 bridgehead atoms. The fourth-order valence-corrected chi connectivity index (χ4v) is 2.37. The zero-order valence-electron chi connectivity index (χ0n) is 10.9. The molecule has 2 nitrogen and oxygen atoms in total. The number of aliphatic hydroxyl groups excluding tert-OH is 1. The third kappa shape index (κ3) is 3.21. The Labute approximate surface area is 110 Å². The number of aliphatic hydroxyl groups is 1. The minimum atomic E-state index is -4.43. The summed E-state index contributed by atoms with van der Waals surface area (Å²) in [5.74, 6) is 0.594. The minimum Gasteiger partial charge on any atom is -0.392 e. The van der Waals surface area contributed by atoms with Gasteiger partial charge < -0.3 is 10.0 Å². The van der Waals surface area contributed by atoms with Crippen molar-refractivity contribution >= 4 is 5.69 Å². The van der Waals surface area contributed by atoms with Crippen LogP contribution in [-0.4, -0.2) is 18.7 Å². The van der Waals surface area contributed by atoms with Crippen LogP contribution in [0.2, 0.25) is 0 Å². The number of benzene rings is 1. The third-order valence-corrected chi connectivity index (χ3v) is 3.77. The molecule has 1 aromatic rings. The Balaban J connectivity index is 2.21. The summed E-state index contributed by atoms with van der Waals surface area (Å²) in [4.78, 5) is 1.86. The van der Waals surface area contributed by atoms with E-state index in [9.17, 15) is 13.2 Å². The lowest BCUT2D eigenvalue weighted by Crippen LogP contribution is -2.29. The van der Waals surface area contributed by atoms with Crippen LogP contribution in [0.25, 0.3) is 0 Å². The van der Waals surface area contributed by atoms with Crippen LogP contribution in [-0.2, 0) is 12.8 Å². The molecule has 0 aromatic heterocycles. The molecule has 0 radical (unpaired) electrons. The summed E-state index contributed by atoms with van der Waals surface area (Å²) < 4.78 is 38.7. The van der Waals surface area contributed by atoms with E-state index < -0.39 is 18.3 Å². The van der Waals surface area contributed by atoms with Crippen molar-refractivity contribution in [3.8, 4) is 0 Å². The average molecular weight is 273 g/mol. The van der Waals surface area contributed by atoms with Crippen molar-refractivity contribution in [2.45, 2.75) is 32.0 Å². The Kier molecular flexibility index (Phi) is 4.04. The van der Waals surface area contributed by atoms with Crippen molar-refractivity contribution in [1.82, 2.24) is 0 Å². The van der Waals surface area contributed by atoms with Gasteiger partial charge in [0.1, 0.15) is 0 Å². The predicted octanol–water partition coefficient (Wildman–Crippen LogP) is 3.43. The molecule has 1 fully saturated rings. The van der Waals surface area contributed by atoms with Crippen molar-refractivity contribution in [2.24, 2.45) is 5.92 Å². The van der Waals surface area contributed by atoms with Crippen molar-refractivity contribution in [3.05, 3.63) is 29.3 Å². The maximum Gasteiger partial charge on any atom is 0.416 e. The first-order valence-electron chi connectivity index (χ1n) is 6.44. The van der Waals surface area contributed by atoms with Crippen LogP contribution in [0.4, 0.5) is 18.9 Å². The SMILES string of the molecule is CN(CC1CCC1)c1ccc(CO)c(C(F)(F)F)c1. The van der Waals surface area contributed by atoms with Gasteiger partial charge in [0.05, 0.1) is 12.2 Å². The van der Waals surface area contributed by atoms with E-state index in [0.717, 1.165) is 25.5 Å². The van der Waals surface area contributed by atoms with Gasteiger partial charge in [0.25, 0.3) is 0 Å². The highest BCUT2D eigenvalue weighted by Crippen LogP contribution is 2.35. The molecule has 0 heterocycles. The summed E-state index contributed by atoms with van der Waals surface area (Å²) in [6.45, 7) is 0.192. The predicted molar refractivity (Wildman–Crippen MR) is 68.0 cm³/mol. The first kappa shape index (κ1) is 14.2. The van der Waals surface area contributed by atoms with E-state index in [-0.39, 0.29) is 5.56 Å². The van der Waals surface area contributed by atoms with Crippen LogP contribution in [0.1, 0.15) is 30.4 Å². The van der Waals surface area contributed by atoms with Gasteiger partial charge in [-0.2, -0.15) is 13.2 Å². The molecule has 1 aliphatic carbocycles. The van der Waals surface area contributed by atoms with E-state index in [1.807, 2.05) is 11.9 Å². The number of halogens is 3. The van der Waals surface area contributed by atoms with Gasteiger partial charge in [0.2, 0.25) is 0 Å². The second-order valence-electron chi connectivity index (χ2n) is 5.17. The molecule has 19 heavy (non-hydrogen) atoms. The summed E-state index contributed by atoms with van der Waals surface area (Å²) in [6.07, 6.45) is -0.891. The third-order valence-electron chi connectivity index (χ3n) is 3.77. The van der Waals surface area contributed by atoms with E-state index in [1.165, 1.54) is 12.5 Å². The van der Waals surface area contributed by atoms with Gasteiger partial charge in [0, 0.05) is 19.3 Å². The molecule has 1 N–H and O–H groups in total. The van der Waals surface area contributed by atoms with Gasteiger partial charge in [-0.05, 0) is 36.5 Å². The molecule has 0 spiro atoms. The van der Waals surface area contributed by atoms with Crippen LogP contribution >= 0.6 is 0 Å². The summed E-state index contributed by atoms with van der Waals surface area (Å²) in [5.41, 5.74) is -0.266. The van der Waals surface area contributed by atoms with Crippen LogP contribution in [0.5, 0.6) is 0 Å². The molecule has 2 rings (SSSR count). The van der Waals surface area contributed by atoms with Gasteiger partial charge >= 0.3 is 6.18 Å². The zero-order chi connectivity index (χ0) is 14.0. The van der Waals surface area contributed by atoms with Crippen molar-refractivity contribution in [3.63, 3.8) is 0 Å². The fraction of sp³-hybridized carbons (Fsp3) is 0.571. The second-order valence-corrected chi connectivity index (χ2v) is 5.17. The molecule has 0 saturated heterocycles. The topological polar surface area (TPSA) is 23.5 Å². The van der Waals surface area contributed by atoms with Crippen molar-refractivity contribution in [1.29, 1.82) is 0 Å². The highest BCUT2D eigenvalue weighted by molar-refractivity contribution is 5.51. The van der Waals surface area contributed by atoms with Crippen molar-refractivity contribution in [2.75, 3.05) is 18.5 Å². The molecule has 1 aromatic carbocycles. The highest BCUT2D eigenvalue weighted by Gasteiger charge is 2.33. The number of rotatable bonds is 4. The fourth-order valence-electron chi connectivity index (χ4n) is 2.37. The van der Waals surface area contributed by atoms with E-state index in [1.54, 1.807) is 6.07 Å².